The summed E-state index contributed by atoms with van der Waals surface area (Å²) in [7, 11) is 0. The Labute approximate surface area is 125 Å². The molecule has 0 aliphatic carbocycles. The van der Waals surface area contributed by atoms with E-state index in [0.29, 0.717) is 22.4 Å². The molecule has 0 bridgehead atoms. The summed E-state index contributed by atoms with van der Waals surface area (Å²) in [6.45, 7) is 2.57. The van der Waals surface area contributed by atoms with Gasteiger partial charge in [0.25, 0.3) is 0 Å². The summed E-state index contributed by atoms with van der Waals surface area (Å²) in [5.41, 5.74) is 2.30. The standard InChI is InChI=1S/C15H13N3O2S/c1-2-20-11-5-6-12-13(8-11)18-15(17-12)21-14-10(9-19)4-3-7-16-14/h3-9H,2H2,1H3,(H,17,18). The molecule has 0 fully saturated rings. The first-order chi connectivity index (χ1) is 10.3. The number of hydrogen-bond donors (Lipinski definition) is 1. The minimum Gasteiger partial charge on any atom is -0.494 e. The number of nitrogens with zero attached hydrogens (tertiary/aromatic N) is 2. The van der Waals surface area contributed by atoms with Crippen molar-refractivity contribution in [2.24, 2.45) is 0 Å². The van der Waals surface area contributed by atoms with Gasteiger partial charge in [0.15, 0.2) is 11.4 Å². The summed E-state index contributed by atoms with van der Waals surface area (Å²) in [4.78, 5) is 22.9. The number of nitrogens with one attached hydrogen (secondary N) is 1. The Balaban J connectivity index is 1.92. The second-order valence-electron chi connectivity index (χ2n) is 4.27. The predicted molar refractivity (Wildman–Crippen MR) is 81.0 cm³/mol. The van der Waals surface area contributed by atoms with E-state index in [1.54, 1.807) is 18.3 Å². The molecule has 0 spiro atoms. The molecule has 0 atom stereocenters. The highest BCUT2D eigenvalue weighted by Crippen LogP contribution is 2.28. The number of rotatable bonds is 5. The van der Waals surface area contributed by atoms with Gasteiger partial charge in [-0.3, -0.25) is 4.79 Å². The van der Waals surface area contributed by atoms with Crippen LogP contribution in [0.1, 0.15) is 17.3 Å². The average Bonchev–Trinajstić information content (AvgIpc) is 2.89. The summed E-state index contributed by atoms with van der Waals surface area (Å²) >= 11 is 1.33. The van der Waals surface area contributed by atoms with Gasteiger partial charge in [0.2, 0.25) is 0 Å². The molecule has 5 nitrogen and oxygen atoms in total. The van der Waals surface area contributed by atoms with Gasteiger partial charge < -0.3 is 9.72 Å². The summed E-state index contributed by atoms with van der Waals surface area (Å²) in [5.74, 6) is 0.802. The monoisotopic (exact) mass is 299 g/mol. The van der Waals surface area contributed by atoms with Gasteiger partial charge in [-0.25, -0.2) is 9.97 Å². The van der Waals surface area contributed by atoms with Crippen LogP contribution in [0.25, 0.3) is 11.0 Å². The molecule has 0 saturated heterocycles. The summed E-state index contributed by atoms with van der Waals surface area (Å²) in [6.07, 6.45) is 2.45. The van der Waals surface area contributed by atoms with E-state index in [1.807, 2.05) is 25.1 Å². The number of hydrogen-bond acceptors (Lipinski definition) is 5. The second kappa shape index (κ2) is 5.97. The Morgan fingerprint density at radius 1 is 1.38 bits per heavy atom. The first-order valence-corrected chi connectivity index (χ1v) is 7.32. The Morgan fingerprint density at radius 3 is 3.10 bits per heavy atom. The molecule has 0 amide bonds. The van der Waals surface area contributed by atoms with Crippen molar-refractivity contribution in [1.29, 1.82) is 0 Å². The predicted octanol–water partition coefficient (Wildman–Crippen LogP) is 3.32. The molecule has 0 aliphatic heterocycles. The van der Waals surface area contributed by atoms with Crippen molar-refractivity contribution in [3.05, 3.63) is 42.1 Å². The molecule has 0 unspecified atom stereocenters. The van der Waals surface area contributed by atoms with Crippen LogP contribution in [0, 0.1) is 0 Å². The summed E-state index contributed by atoms with van der Waals surface area (Å²) in [5, 5.41) is 1.33. The van der Waals surface area contributed by atoms with Crippen molar-refractivity contribution >= 4 is 29.1 Å². The molecule has 1 aromatic carbocycles. The SMILES string of the molecule is CCOc1ccc2nc(Sc3ncccc3C=O)[nH]c2c1. The smallest absolute Gasteiger partial charge is 0.172 e. The van der Waals surface area contributed by atoms with Crippen molar-refractivity contribution in [1.82, 2.24) is 15.0 Å². The number of imidazole rings is 1. The summed E-state index contributed by atoms with van der Waals surface area (Å²) < 4.78 is 5.46. The average molecular weight is 299 g/mol. The zero-order chi connectivity index (χ0) is 14.7. The topological polar surface area (TPSA) is 67.9 Å². The fourth-order valence-electron chi connectivity index (χ4n) is 1.94. The minimum atomic E-state index is 0.554. The number of H-pyrrole nitrogens is 1. The van der Waals surface area contributed by atoms with E-state index in [4.69, 9.17) is 4.74 Å². The van der Waals surface area contributed by atoms with Crippen molar-refractivity contribution in [2.45, 2.75) is 17.1 Å². The van der Waals surface area contributed by atoms with Crippen LogP contribution in [-0.4, -0.2) is 27.8 Å². The molecule has 0 aliphatic rings. The number of ether oxygens (including phenoxy) is 1. The zero-order valence-corrected chi connectivity index (χ0v) is 12.2. The van der Waals surface area contributed by atoms with Crippen LogP contribution in [0.3, 0.4) is 0 Å². The molecule has 0 radical (unpaired) electrons. The van der Waals surface area contributed by atoms with Crippen molar-refractivity contribution in [2.75, 3.05) is 6.61 Å². The largest absolute Gasteiger partial charge is 0.494 e. The minimum absolute atomic E-state index is 0.554. The molecule has 0 saturated carbocycles. The maximum atomic E-state index is 11.0. The van der Waals surface area contributed by atoms with Gasteiger partial charge in [-0.15, -0.1) is 0 Å². The molecule has 6 heteroatoms. The van der Waals surface area contributed by atoms with Gasteiger partial charge in [0.1, 0.15) is 10.8 Å². The maximum Gasteiger partial charge on any atom is 0.172 e. The second-order valence-corrected chi connectivity index (χ2v) is 5.25. The van der Waals surface area contributed by atoms with E-state index in [0.717, 1.165) is 23.1 Å². The number of fused-ring (bicyclic) bond motifs is 1. The van der Waals surface area contributed by atoms with Gasteiger partial charge in [-0.1, -0.05) is 0 Å². The fourth-order valence-corrected chi connectivity index (χ4v) is 2.78. The lowest BCUT2D eigenvalue weighted by Crippen LogP contribution is -1.90. The Bertz CT molecular complexity index is 785. The van der Waals surface area contributed by atoms with E-state index >= 15 is 0 Å². The van der Waals surface area contributed by atoms with E-state index in [-0.39, 0.29) is 0 Å². The van der Waals surface area contributed by atoms with Crippen LogP contribution in [0.15, 0.2) is 46.7 Å². The van der Waals surface area contributed by atoms with Crippen LogP contribution in [0.5, 0.6) is 5.75 Å². The quantitative estimate of drug-likeness (QED) is 0.732. The third-order valence-corrected chi connectivity index (χ3v) is 3.78. The fraction of sp³-hybridized carbons (Fsp3) is 0.133. The molecular weight excluding hydrogens is 286 g/mol. The molecular formula is C15H13N3O2S. The number of carbonyl (C=O) groups is 1. The highest BCUT2D eigenvalue weighted by molar-refractivity contribution is 7.99. The van der Waals surface area contributed by atoms with Crippen molar-refractivity contribution in [3.8, 4) is 5.75 Å². The van der Waals surface area contributed by atoms with E-state index in [9.17, 15) is 4.79 Å². The third kappa shape index (κ3) is 2.90. The summed E-state index contributed by atoms with van der Waals surface area (Å²) in [6, 6.07) is 9.17. The molecule has 21 heavy (non-hydrogen) atoms. The van der Waals surface area contributed by atoms with Crippen LogP contribution < -0.4 is 4.74 Å². The van der Waals surface area contributed by atoms with Gasteiger partial charge in [-0.2, -0.15) is 0 Å². The lowest BCUT2D eigenvalue weighted by Gasteiger charge is -2.00. The van der Waals surface area contributed by atoms with Crippen molar-refractivity contribution in [3.63, 3.8) is 0 Å². The van der Waals surface area contributed by atoms with E-state index < -0.39 is 0 Å². The first-order valence-electron chi connectivity index (χ1n) is 6.50. The molecule has 2 aromatic heterocycles. The Hall–Kier alpha value is -2.34. The highest BCUT2D eigenvalue weighted by Gasteiger charge is 2.09. The van der Waals surface area contributed by atoms with Crippen LogP contribution in [-0.2, 0) is 0 Å². The van der Waals surface area contributed by atoms with Crippen LogP contribution >= 0.6 is 11.8 Å². The van der Waals surface area contributed by atoms with E-state index in [2.05, 4.69) is 15.0 Å². The maximum absolute atomic E-state index is 11.0. The zero-order valence-electron chi connectivity index (χ0n) is 11.4. The Kier molecular flexibility index (Phi) is 3.87. The highest BCUT2D eigenvalue weighted by atomic mass is 32.2. The molecule has 1 N–H and O–H groups in total. The number of aromatic nitrogens is 3. The lowest BCUT2D eigenvalue weighted by atomic mass is 10.3. The Morgan fingerprint density at radius 2 is 2.29 bits per heavy atom. The third-order valence-electron chi connectivity index (χ3n) is 2.86. The van der Waals surface area contributed by atoms with Gasteiger partial charge in [0.05, 0.1) is 17.6 Å². The number of carbonyl (C=O) groups excluding carboxylic acids is 1. The molecule has 2 heterocycles. The van der Waals surface area contributed by atoms with Crippen molar-refractivity contribution < 1.29 is 9.53 Å². The van der Waals surface area contributed by atoms with Crippen LogP contribution in [0.4, 0.5) is 0 Å². The van der Waals surface area contributed by atoms with Gasteiger partial charge in [-0.05, 0) is 43.0 Å². The number of aromatic amines is 1. The normalized spacial score (nSPS) is 10.7. The number of aldehydes is 1. The van der Waals surface area contributed by atoms with E-state index in [1.165, 1.54) is 11.8 Å². The molecule has 106 valence electrons. The number of pyridine rings is 1. The first kappa shape index (κ1) is 13.6. The molecule has 3 aromatic rings. The molecule has 3 rings (SSSR count). The van der Waals surface area contributed by atoms with Crippen LogP contribution in [0.2, 0.25) is 0 Å². The van der Waals surface area contributed by atoms with Gasteiger partial charge in [0, 0.05) is 17.8 Å². The lowest BCUT2D eigenvalue weighted by molar-refractivity contribution is 0.112. The van der Waals surface area contributed by atoms with Gasteiger partial charge >= 0.3 is 0 Å². The number of benzene rings is 1.